The van der Waals surface area contributed by atoms with Gasteiger partial charge in [0.05, 0.1) is 7.11 Å². The van der Waals surface area contributed by atoms with Crippen molar-refractivity contribution in [2.45, 2.75) is 38.8 Å². The Morgan fingerprint density at radius 2 is 1.88 bits per heavy atom. The number of pyridine rings is 1. The highest BCUT2D eigenvalue weighted by Crippen LogP contribution is 2.56. The zero-order chi connectivity index (χ0) is 17.9. The number of aromatic nitrogens is 1. The third-order valence-electron chi connectivity index (χ3n) is 5.90. The molecule has 2 aliphatic carbocycles. The molecule has 1 aromatic heterocycles. The quantitative estimate of drug-likeness (QED) is 0.789. The van der Waals surface area contributed by atoms with E-state index in [4.69, 9.17) is 4.74 Å². The average molecular weight is 350 g/mol. The molecule has 4 nitrogen and oxygen atoms in total. The molecule has 2 aromatic rings. The number of hydrogen-bond donors (Lipinski definition) is 0. The van der Waals surface area contributed by atoms with E-state index in [0.29, 0.717) is 30.8 Å². The van der Waals surface area contributed by atoms with Crippen molar-refractivity contribution >= 4 is 5.91 Å². The lowest BCUT2D eigenvalue weighted by molar-refractivity contribution is -0.134. The molecule has 0 aliphatic heterocycles. The van der Waals surface area contributed by atoms with Gasteiger partial charge in [0.25, 0.3) is 0 Å². The first-order chi connectivity index (χ1) is 12.8. The SMILES string of the molecule is COc1ccccc1CN(Cc1cccnc1)C(=O)C1C2CCCCC21. The Morgan fingerprint density at radius 1 is 1.12 bits per heavy atom. The van der Waals surface area contributed by atoms with E-state index < -0.39 is 0 Å². The monoisotopic (exact) mass is 350 g/mol. The fraction of sp³-hybridized carbons (Fsp3) is 0.455. The molecule has 2 fully saturated rings. The molecule has 136 valence electrons. The zero-order valence-electron chi connectivity index (χ0n) is 15.3. The van der Waals surface area contributed by atoms with Gasteiger partial charge in [-0.05, 0) is 42.4 Å². The Bertz CT molecular complexity index is 750. The molecule has 0 bridgehead atoms. The maximum atomic E-state index is 13.3. The number of fused-ring (bicyclic) bond motifs is 1. The van der Waals surface area contributed by atoms with Crippen LogP contribution in [0.2, 0.25) is 0 Å². The Labute approximate surface area is 155 Å². The highest BCUT2D eigenvalue weighted by molar-refractivity contribution is 5.82. The number of rotatable bonds is 6. The Balaban J connectivity index is 1.56. The summed E-state index contributed by atoms with van der Waals surface area (Å²) in [5.74, 6) is 2.60. The van der Waals surface area contributed by atoms with Gasteiger partial charge in [0.15, 0.2) is 0 Å². The van der Waals surface area contributed by atoms with E-state index in [1.54, 1.807) is 13.3 Å². The molecule has 4 rings (SSSR count). The van der Waals surface area contributed by atoms with Gasteiger partial charge in [-0.25, -0.2) is 0 Å². The Morgan fingerprint density at radius 3 is 2.58 bits per heavy atom. The maximum Gasteiger partial charge on any atom is 0.226 e. The Hall–Kier alpha value is -2.36. The van der Waals surface area contributed by atoms with Crippen molar-refractivity contribution in [2.75, 3.05) is 7.11 Å². The van der Waals surface area contributed by atoms with Crippen LogP contribution in [0.5, 0.6) is 5.75 Å². The number of nitrogens with zero attached hydrogens (tertiary/aromatic N) is 2. The van der Waals surface area contributed by atoms with E-state index in [-0.39, 0.29) is 5.92 Å². The summed E-state index contributed by atoms with van der Waals surface area (Å²) in [6, 6.07) is 11.9. The van der Waals surface area contributed by atoms with Gasteiger partial charge in [-0.2, -0.15) is 0 Å². The number of ether oxygens (including phenoxy) is 1. The fourth-order valence-electron chi connectivity index (χ4n) is 4.53. The summed E-state index contributed by atoms with van der Waals surface area (Å²) >= 11 is 0. The van der Waals surface area contributed by atoms with Crippen LogP contribution in [0.15, 0.2) is 48.8 Å². The van der Waals surface area contributed by atoms with Gasteiger partial charge in [-0.15, -0.1) is 0 Å². The summed E-state index contributed by atoms with van der Waals surface area (Å²) in [4.78, 5) is 19.6. The molecule has 1 heterocycles. The maximum absolute atomic E-state index is 13.3. The number of amides is 1. The lowest BCUT2D eigenvalue weighted by Crippen LogP contribution is -2.32. The minimum absolute atomic E-state index is 0.226. The normalized spacial score (nSPS) is 23.8. The van der Waals surface area contributed by atoms with Crippen LogP contribution in [0, 0.1) is 17.8 Å². The van der Waals surface area contributed by atoms with Crippen LogP contribution in [-0.2, 0) is 17.9 Å². The van der Waals surface area contributed by atoms with E-state index in [1.807, 2.05) is 47.5 Å². The summed E-state index contributed by atoms with van der Waals surface area (Å²) < 4.78 is 5.50. The van der Waals surface area contributed by atoms with E-state index in [2.05, 4.69) is 4.98 Å². The van der Waals surface area contributed by atoms with Gasteiger partial charge in [0.2, 0.25) is 5.91 Å². The molecule has 2 atom stereocenters. The van der Waals surface area contributed by atoms with E-state index in [1.165, 1.54) is 25.7 Å². The highest BCUT2D eigenvalue weighted by atomic mass is 16.5. The summed E-state index contributed by atoms with van der Waals surface area (Å²) in [6.45, 7) is 1.17. The predicted octanol–water partition coefficient (Wildman–Crippen LogP) is 4.06. The summed E-state index contributed by atoms with van der Waals surface area (Å²) in [5, 5.41) is 0. The summed E-state index contributed by atoms with van der Waals surface area (Å²) in [6.07, 6.45) is 8.61. The lowest BCUT2D eigenvalue weighted by Gasteiger charge is -2.24. The van der Waals surface area contributed by atoms with Gasteiger partial charge in [-0.1, -0.05) is 37.1 Å². The molecular formula is C22H26N2O2. The smallest absolute Gasteiger partial charge is 0.226 e. The van der Waals surface area contributed by atoms with Crippen molar-refractivity contribution in [3.63, 3.8) is 0 Å². The third kappa shape index (κ3) is 3.46. The second-order valence-corrected chi connectivity index (χ2v) is 7.51. The molecule has 0 N–H and O–H groups in total. The second-order valence-electron chi connectivity index (χ2n) is 7.51. The number of carbonyl (C=O) groups is 1. The topological polar surface area (TPSA) is 42.4 Å². The van der Waals surface area contributed by atoms with Crippen LogP contribution in [0.25, 0.3) is 0 Å². The number of methoxy groups -OCH3 is 1. The Kier molecular flexibility index (Phi) is 4.91. The van der Waals surface area contributed by atoms with Crippen LogP contribution in [-0.4, -0.2) is 22.9 Å². The standard InChI is InChI=1S/C22H26N2O2/c1-26-20-11-5-2-8-17(20)15-24(14-16-7-6-12-23-13-16)22(25)21-18-9-3-4-10-19(18)21/h2,5-8,11-13,18-19,21H,3-4,9-10,14-15H2,1H3. The number of benzene rings is 1. The van der Waals surface area contributed by atoms with E-state index >= 15 is 0 Å². The zero-order valence-corrected chi connectivity index (χ0v) is 15.3. The molecule has 0 saturated heterocycles. The molecule has 4 heteroatoms. The largest absolute Gasteiger partial charge is 0.496 e. The molecular weight excluding hydrogens is 324 g/mol. The van der Waals surface area contributed by atoms with Crippen LogP contribution >= 0.6 is 0 Å². The lowest BCUT2D eigenvalue weighted by atomic mass is 10.0. The molecule has 1 aromatic carbocycles. The number of hydrogen-bond acceptors (Lipinski definition) is 3. The van der Waals surface area contributed by atoms with Gasteiger partial charge in [0, 0.05) is 37.0 Å². The number of para-hydroxylation sites is 1. The highest BCUT2D eigenvalue weighted by Gasteiger charge is 2.55. The number of carbonyl (C=O) groups excluding carboxylic acids is 1. The molecule has 0 spiro atoms. The fourth-order valence-corrected chi connectivity index (χ4v) is 4.53. The van der Waals surface area contributed by atoms with Crippen molar-refractivity contribution < 1.29 is 9.53 Å². The third-order valence-corrected chi connectivity index (χ3v) is 5.90. The summed E-state index contributed by atoms with van der Waals surface area (Å²) in [7, 11) is 1.68. The van der Waals surface area contributed by atoms with Crippen LogP contribution in [0.1, 0.15) is 36.8 Å². The first-order valence-corrected chi connectivity index (χ1v) is 9.57. The van der Waals surface area contributed by atoms with Crippen LogP contribution in [0.3, 0.4) is 0 Å². The molecule has 1 amide bonds. The first-order valence-electron chi connectivity index (χ1n) is 9.57. The first kappa shape index (κ1) is 17.1. The molecule has 2 unspecified atom stereocenters. The summed E-state index contributed by atoms with van der Waals surface area (Å²) in [5.41, 5.74) is 2.12. The van der Waals surface area contributed by atoms with Crippen molar-refractivity contribution in [3.8, 4) is 5.75 Å². The van der Waals surface area contributed by atoms with Crippen molar-refractivity contribution in [3.05, 3.63) is 59.9 Å². The van der Waals surface area contributed by atoms with Crippen molar-refractivity contribution in [1.29, 1.82) is 0 Å². The molecule has 2 saturated carbocycles. The predicted molar refractivity (Wildman–Crippen MR) is 100 cm³/mol. The van der Waals surface area contributed by atoms with Gasteiger partial charge < -0.3 is 9.64 Å². The molecule has 26 heavy (non-hydrogen) atoms. The molecule has 2 aliphatic rings. The minimum atomic E-state index is 0.226. The van der Waals surface area contributed by atoms with Gasteiger partial charge in [-0.3, -0.25) is 9.78 Å². The van der Waals surface area contributed by atoms with Gasteiger partial charge >= 0.3 is 0 Å². The van der Waals surface area contributed by atoms with Crippen molar-refractivity contribution in [1.82, 2.24) is 9.88 Å². The average Bonchev–Trinajstić information content (AvgIpc) is 3.42. The van der Waals surface area contributed by atoms with E-state index in [0.717, 1.165) is 16.9 Å². The minimum Gasteiger partial charge on any atom is -0.496 e. The van der Waals surface area contributed by atoms with Crippen LogP contribution < -0.4 is 4.74 Å². The van der Waals surface area contributed by atoms with Crippen molar-refractivity contribution in [2.24, 2.45) is 17.8 Å². The second kappa shape index (κ2) is 7.48. The van der Waals surface area contributed by atoms with Crippen LogP contribution in [0.4, 0.5) is 0 Å². The van der Waals surface area contributed by atoms with E-state index in [9.17, 15) is 4.79 Å². The molecule has 0 radical (unpaired) electrons. The van der Waals surface area contributed by atoms with Gasteiger partial charge in [0.1, 0.15) is 5.75 Å².